The van der Waals surface area contributed by atoms with Crippen LogP contribution in [0.25, 0.3) is 99.9 Å². The molecule has 238 valence electrons. The summed E-state index contributed by atoms with van der Waals surface area (Å²) in [5, 5.41) is 6.73. The molecule has 0 aliphatic heterocycles. The van der Waals surface area contributed by atoms with Crippen LogP contribution in [-0.2, 0) is 0 Å². The fourth-order valence-corrected chi connectivity index (χ4v) is 7.44. The van der Waals surface area contributed by atoms with E-state index in [1.807, 2.05) is 60.7 Å². The van der Waals surface area contributed by atoms with Crippen LogP contribution in [0.15, 0.2) is 180 Å². The molecule has 4 heteroatoms. The molecule has 0 aliphatic carbocycles. The number of benzene rings is 8. The number of hydrogen-bond acceptors (Lipinski definition) is 4. The van der Waals surface area contributed by atoms with Gasteiger partial charge in [-0.2, -0.15) is 0 Å². The van der Waals surface area contributed by atoms with E-state index >= 15 is 0 Å². The maximum absolute atomic E-state index is 6.25. The molecule has 51 heavy (non-hydrogen) atoms. The molecule has 4 nitrogen and oxygen atoms in total. The van der Waals surface area contributed by atoms with Gasteiger partial charge >= 0.3 is 0 Å². The second kappa shape index (κ2) is 11.9. The highest BCUT2D eigenvalue weighted by Crippen LogP contribution is 2.45. The van der Waals surface area contributed by atoms with Crippen molar-refractivity contribution in [1.82, 2.24) is 15.0 Å². The van der Waals surface area contributed by atoms with E-state index in [0.29, 0.717) is 17.5 Å². The van der Waals surface area contributed by atoms with E-state index in [1.54, 1.807) is 0 Å². The van der Waals surface area contributed by atoms with Crippen molar-refractivity contribution in [2.24, 2.45) is 0 Å². The summed E-state index contributed by atoms with van der Waals surface area (Å²) in [5.41, 5.74) is 9.20. The first-order valence-corrected chi connectivity index (χ1v) is 17.1. The van der Waals surface area contributed by atoms with Crippen LogP contribution in [0, 0.1) is 0 Å². The van der Waals surface area contributed by atoms with Gasteiger partial charge in [-0.15, -0.1) is 0 Å². The van der Waals surface area contributed by atoms with Crippen molar-refractivity contribution in [1.29, 1.82) is 0 Å². The summed E-state index contributed by atoms with van der Waals surface area (Å²) >= 11 is 0. The number of para-hydroxylation sites is 1. The standard InChI is InChI=1S/C47H29N3O/c1-4-15-30(16-5-1)42-35-22-11-10-21-34(35)39-29-33(27-28-36(39)43(42)31-17-6-2-7-18-31)46-48-45(32-19-8-3-9-20-32)49-47(50-46)38-24-14-26-41-44(38)37-23-12-13-25-40(37)51-41/h1-29H. The lowest BCUT2D eigenvalue weighted by atomic mass is 9.84. The lowest BCUT2D eigenvalue weighted by Gasteiger charge is -2.19. The molecule has 0 aliphatic rings. The van der Waals surface area contributed by atoms with Crippen molar-refractivity contribution in [2.75, 3.05) is 0 Å². The molecule has 0 atom stereocenters. The molecule has 0 radical (unpaired) electrons. The lowest BCUT2D eigenvalue weighted by Crippen LogP contribution is -2.00. The Kier molecular flexibility index (Phi) is 6.78. The minimum atomic E-state index is 0.602. The highest BCUT2D eigenvalue weighted by molar-refractivity contribution is 6.22. The average molecular weight is 652 g/mol. The third kappa shape index (κ3) is 4.88. The van der Waals surface area contributed by atoms with E-state index in [4.69, 9.17) is 19.4 Å². The molecule has 10 aromatic rings. The van der Waals surface area contributed by atoms with Crippen LogP contribution in [0.5, 0.6) is 0 Å². The van der Waals surface area contributed by atoms with Gasteiger partial charge in [0.1, 0.15) is 11.2 Å². The van der Waals surface area contributed by atoms with Crippen molar-refractivity contribution in [3.05, 3.63) is 176 Å². The van der Waals surface area contributed by atoms with Gasteiger partial charge in [0, 0.05) is 27.5 Å². The molecular weight excluding hydrogens is 623 g/mol. The van der Waals surface area contributed by atoms with E-state index in [-0.39, 0.29) is 0 Å². The smallest absolute Gasteiger partial charge is 0.164 e. The molecular formula is C47H29N3O. The van der Waals surface area contributed by atoms with Crippen LogP contribution in [0.3, 0.4) is 0 Å². The van der Waals surface area contributed by atoms with Gasteiger partial charge in [-0.25, -0.2) is 15.0 Å². The first-order valence-electron chi connectivity index (χ1n) is 17.1. The molecule has 0 saturated heterocycles. The Balaban J connectivity index is 1.26. The molecule has 2 aromatic heterocycles. The second-order valence-corrected chi connectivity index (χ2v) is 12.7. The molecule has 2 heterocycles. The van der Waals surface area contributed by atoms with Gasteiger partial charge < -0.3 is 4.42 Å². The Labute approximate surface area is 294 Å². The first-order chi connectivity index (χ1) is 25.3. The van der Waals surface area contributed by atoms with Crippen molar-refractivity contribution < 1.29 is 4.42 Å². The number of fused-ring (bicyclic) bond motifs is 6. The van der Waals surface area contributed by atoms with E-state index in [9.17, 15) is 0 Å². The fraction of sp³-hybridized carbons (Fsp3) is 0. The topological polar surface area (TPSA) is 51.8 Å². The van der Waals surface area contributed by atoms with Gasteiger partial charge in [-0.3, -0.25) is 0 Å². The van der Waals surface area contributed by atoms with Crippen LogP contribution in [0.1, 0.15) is 0 Å². The lowest BCUT2D eigenvalue weighted by molar-refractivity contribution is 0.669. The minimum absolute atomic E-state index is 0.602. The zero-order chi connectivity index (χ0) is 33.7. The highest BCUT2D eigenvalue weighted by Gasteiger charge is 2.21. The van der Waals surface area contributed by atoms with Gasteiger partial charge in [0.2, 0.25) is 0 Å². The Morgan fingerprint density at radius 1 is 0.314 bits per heavy atom. The van der Waals surface area contributed by atoms with Crippen LogP contribution >= 0.6 is 0 Å². The third-order valence-electron chi connectivity index (χ3n) is 9.72. The quantitative estimate of drug-likeness (QED) is 0.174. The zero-order valence-electron chi connectivity index (χ0n) is 27.5. The van der Waals surface area contributed by atoms with Crippen molar-refractivity contribution in [3.8, 4) is 56.4 Å². The summed E-state index contributed by atoms with van der Waals surface area (Å²) in [6.45, 7) is 0. The van der Waals surface area contributed by atoms with E-state index in [1.165, 1.54) is 38.4 Å². The highest BCUT2D eigenvalue weighted by atomic mass is 16.3. The molecule has 0 spiro atoms. The van der Waals surface area contributed by atoms with Gasteiger partial charge in [0.15, 0.2) is 17.5 Å². The summed E-state index contributed by atoms with van der Waals surface area (Å²) in [6, 6.07) is 61.1. The van der Waals surface area contributed by atoms with Crippen LogP contribution in [0.4, 0.5) is 0 Å². The number of hydrogen-bond donors (Lipinski definition) is 0. The monoisotopic (exact) mass is 651 g/mol. The molecule has 0 unspecified atom stereocenters. The molecule has 0 amide bonds. The Hall–Kier alpha value is -6.91. The third-order valence-corrected chi connectivity index (χ3v) is 9.72. The normalized spacial score (nSPS) is 11.5. The van der Waals surface area contributed by atoms with Gasteiger partial charge in [0.05, 0.1) is 0 Å². The largest absolute Gasteiger partial charge is 0.456 e. The molecule has 0 saturated carbocycles. The summed E-state index contributed by atoms with van der Waals surface area (Å²) < 4.78 is 6.25. The van der Waals surface area contributed by atoms with E-state index < -0.39 is 0 Å². The predicted octanol–water partition coefficient (Wildman–Crippen LogP) is 12.4. The minimum Gasteiger partial charge on any atom is -0.456 e. The maximum Gasteiger partial charge on any atom is 0.164 e. The summed E-state index contributed by atoms with van der Waals surface area (Å²) in [7, 11) is 0. The van der Waals surface area contributed by atoms with E-state index in [0.717, 1.165) is 44.0 Å². The second-order valence-electron chi connectivity index (χ2n) is 12.7. The molecule has 0 fully saturated rings. The summed E-state index contributed by atoms with van der Waals surface area (Å²) in [6.07, 6.45) is 0. The van der Waals surface area contributed by atoms with Crippen LogP contribution in [-0.4, -0.2) is 15.0 Å². The number of nitrogens with zero attached hydrogens (tertiary/aromatic N) is 3. The van der Waals surface area contributed by atoms with E-state index in [2.05, 4.69) is 115 Å². The predicted molar refractivity (Wildman–Crippen MR) is 209 cm³/mol. The molecule has 8 aromatic carbocycles. The number of rotatable bonds is 5. The van der Waals surface area contributed by atoms with Crippen molar-refractivity contribution in [2.45, 2.75) is 0 Å². The SMILES string of the molecule is c1ccc(-c2nc(-c3ccc4c(-c5ccccc5)c(-c5ccccc5)c5ccccc5c4c3)nc(-c3cccc4oc5ccccc5c34)n2)cc1. The Morgan fingerprint density at radius 3 is 1.51 bits per heavy atom. The van der Waals surface area contributed by atoms with Crippen LogP contribution in [0.2, 0.25) is 0 Å². The molecule has 0 bridgehead atoms. The Morgan fingerprint density at radius 2 is 0.824 bits per heavy atom. The summed E-state index contributed by atoms with van der Waals surface area (Å²) in [4.78, 5) is 15.4. The first kappa shape index (κ1) is 29.0. The average Bonchev–Trinajstić information content (AvgIpc) is 3.60. The number of aromatic nitrogens is 3. The van der Waals surface area contributed by atoms with Gasteiger partial charge in [-0.1, -0.05) is 158 Å². The maximum atomic E-state index is 6.25. The molecule has 10 rings (SSSR count). The zero-order valence-corrected chi connectivity index (χ0v) is 27.5. The van der Waals surface area contributed by atoms with Gasteiger partial charge in [-0.05, 0) is 62.0 Å². The van der Waals surface area contributed by atoms with Crippen LogP contribution < -0.4 is 0 Å². The summed E-state index contributed by atoms with van der Waals surface area (Å²) in [5.74, 6) is 1.84. The fourth-order valence-electron chi connectivity index (χ4n) is 7.44. The van der Waals surface area contributed by atoms with Crippen molar-refractivity contribution in [3.63, 3.8) is 0 Å². The van der Waals surface area contributed by atoms with Gasteiger partial charge in [0.25, 0.3) is 0 Å². The van der Waals surface area contributed by atoms with Crippen molar-refractivity contribution >= 4 is 43.5 Å². The molecule has 0 N–H and O–H groups in total. The number of furan rings is 1. The Bertz CT molecular complexity index is 2900.